The number of nitro benzene ring substituents is 1. The number of nitro groups is 1. The van der Waals surface area contributed by atoms with E-state index in [1.165, 1.54) is 6.07 Å². The van der Waals surface area contributed by atoms with Crippen molar-refractivity contribution in [1.82, 2.24) is 5.32 Å². The van der Waals surface area contributed by atoms with Crippen molar-refractivity contribution in [3.63, 3.8) is 0 Å². The van der Waals surface area contributed by atoms with E-state index in [4.69, 9.17) is 21.6 Å². The molecule has 0 bridgehead atoms. The summed E-state index contributed by atoms with van der Waals surface area (Å²) in [6.07, 6.45) is 0.135. The highest BCUT2D eigenvalue weighted by atomic mass is 35.5. The van der Waals surface area contributed by atoms with Gasteiger partial charge in [-0.2, -0.15) is 5.26 Å². The Hall–Kier alpha value is -2.66. The van der Waals surface area contributed by atoms with Crippen LogP contribution in [0.5, 0.6) is 0 Å². The minimum Gasteiger partial charge on any atom is -0.452 e. The standard InChI is InChI=1S/C12H10ClN3O5/c13-10-3-2-8(16(19)20)6-9(10)12(18)21-7-11(17)15-5-1-4-14/h2-3,6H,1,5,7H2,(H,15,17). The molecular formula is C12H10ClN3O5. The number of hydrogen-bond donors (Lipinski definition) is 1. The number of nitriles is 1. The van der Waals surface area contributed by atoms with E-state index in [2.05, 4.69) is 5.32 Å². The lowest BCUT2D eigenvalue weighted by atomic mass is 10.2. The van der Waals surface area contributed by atoms with Gasteiger partial charge in [-0.3, -0.25) is 14.9 Å². The van der Waals surface area contributed by atoms with Crippen LogP contribution in [-0.2, 0) is 9.53 Å². The van der Waals surface area contributed by atoms with Crippen LogP contribution >= 0.6 is 11.6 Å². The van der Waals surface area contributed by atoms with Gasteiger partial charge in [0.1, 0.15) is 0 Å². The first-order valence-corrected chi connectivity index (χ1v) is 6.08. The van der Waals surface area contributed by atoms with Crippen LogP contribution in [0.25, 0.3) is 0 Å². The Morgan fingerprint density at radius 2 is 2.19 bits per heavy atom. The van der Waals surface area contributed by atoms with Gasteiger partial charge in [-0.1, -0.05) is 11.6 Å². The van der Waals surface area contributed by atoms with Crippen molar-refractivity contribution in [1.29, 1.82) is 5.26 Å². The SMILES string of the molecule is N#CCCNC(=O)COC(=O)c1cc([N+](=O)[O-])ccc1Cl. The molecular weight excluding hydrogens is 302 g/mol. The van der Waals surface area contributed by atoms with Gasteiger partial charge in [0.2, 0.25) is 0 Å². The van der Waals surface area contributed by atoms with Crippen molar-refractivity contribution >= 4 is 29.2 Å². The van der Waals surface area contributed by atoms with Gasteiger partial charge in [-0.15, -0.1) is 0 Å². The lowest BCUT2D eigenvalue weighted by Gasteiger charge is -2.06. The van der Waals surface area contributed by atoms with E-state index in [1.807, 2.05) is 6.07 Å². The molecule has 21 heavy (non-hydrogen) atoms. The summed E-state index contributed by atoms with van der Waals surface area (Å²) in [6.45, 7) is -0.423. The molecule has 1 aromatic carbocycles. The fraction of sp³-hybridized carbons (Fsp3) is 0.250. The second kappa shape index (κ2) is 7.81. The Morgan fingerprint density at radius 3 is 2.81 bits per heavy atom. The normalized spacial score (nSPS) is 9.52. The maximum Gasteiger partial charge on any atom is 0.340 e. The predicted octanol–water partition coefficient (Wildman–Crippen LogP) is 1.43. The Morgan fingerprint density at radius 1 is 1.48 bits per heavy atom. The van der Waals surface area contributed by atoms with E-state index in [1.54, 1.807) is 0 Å². The lowest BCUT2D eigenvalue weighted by molar-refractivity contribution is -0.384. The number of esters is 1. The van der Waals surface area contributed by atoms with Gasteiger partial charge in [0.25, 0.3) is 11.6 Å². The van der Waals surface area contributed by atoms with Crippen molar-refractivity contribution in [2.75, 3.05) is 13.2 Å². The molecule has 1 N–H and O–H groups in total. The summed E-state index contributed by atoms with van der Waals surface area (Å²) >= 11 is 5.75. The fourth-order valence-electron chi connectivity index (χ4n) is 1.30. The minimum atomic E-state index is -0.945. The van der Waals surface area contributed by atoms with Crippen molar-refractivity contribution < 1.29 is 19.2 Å². The van der Waals surface area contributed by atoms with Crippen LogP contribution in [0.15, 0.2) is 18.2 Å². The van der Waals surface area contributed by atoms with Crippen LogP contribution in [0.2, 0.25) is 5.02 Å². The van der Waals surface area contributed by atoms with E-state index in [0.29, 0.717) is 0 Å². The molecule has 0 radical (unpaired) electrons. The van der Waals surface area contributed by atoms with Gasteiger partial charge in [-0.25, -0.2) is 4.79 Å². The van der Waals surface area contributed by atoms with Crippen molar-refractivity contribution in [2.24, 2.45) is 0 Å². The molecule has 8 nitrogen and oxygen atoms in total. The van der Waals surface area contributed by atoms with Gasteiger partial charge >= 0.3 is 5.97 Å². The molecule has 0 fully saturated rings. The van der Waals surface area contributed by atoms with Crippen LogP contribution in [0.4, 0.5) is 5.69 Å². The Labute approximate surface area is 124 Å². The molecule has 9 heteroatoms. The molecule has 1 amide bonds. The van der Waals surface area contributed by atoms with E-state index in [-0.39, 0.29) is 29.2 Å². The van der Waals surface area contributed by atoms with Gasteiger partial charge in [-0.05, 0) is 6.07 Å². The number of carbonyl (C=O) groups excluding carboxylic acids is 2. The third-order valence-electron chi connectivity index (χ3n) is 2.27. The third kappa shape index (κ3) is 5.08. The van der Waals surface area contributed by atoms with E-state index < -0.39 is 23.4 Å². The number of nitrogens with one attached hydrogen (secondary N) is 1. The monoisotopic (exact) mass is 311 g/mol. The summed E-state index contributed by atoms with van der Waals surface area (Å²) in [5, 5.41) is 21.2. The minimum absolute atomic E-state index is 0.0181. The zero-order valence-electron chi connectivity index (χ0n) is 10.7. The first-order valence-electron chi connectivity index (χ1n) is 5.70. The topological polar surface area (TPSA) is 122 Å². The fourth-order valence-corrected chi connectivity index (χ4v) is 1.50. The molecule has 0 saturated carbocycles. The number of carbonyl (C=O) groups is 2. The quantitative estimate of drug-likeness (QED) is 0.367. The van der Waals surface area contributed by atoms with Crippen LogP contribution in [0.1, 0.15) is 16.8 Å². The average Bonchev–Trinajstić information content (AvgIpc) is 2.45. The number of non-ortho nitro benzene ring substituents is 1. The number of amides is 1. The summed E-state index contributed by atoms with van der Waals surface area (Å²) in [6, 6.07) is 5.15. The second-order valence-corrected chi connectivity index (χ2v) is 4.16. The van der Waals surface area contributed by atoms with Crippen LogP contribution in [-0.4, -0.2) is 30.0 Å². The second-order valence-electron chi connectivity index (χ2n) is 3.76. The highest BCUT2D eigenvalue weighted by Crippen LogP contribution is 2.22. The number of ether oxygens (including phenoxy) is 1. The van der Waals surface area contributed by atoms with Gasteiger partial charge in [0.15, 0.2) is 6.61 Å². The number of halogens is 1. The molecule has 0 spiro atoms. The van der Waals surface area contributed by atoms with Crippen molar-refractivity contribution in [3.05, 3.63) is 38.9 Å². The Kier molecular flexibility index (Phi) is 6.10. The molecule has 1 rings (SSSR count). The highest BCUT2D eigenvalue weighted by molar-refractivity contribution is 6.33. The highest BCUT2D eigenvalue weighted by Gasteiger charge is 2.17. The van der Waals surface area contributed by atoms with Gasteiger partial charge in [0.05, 0.1) is 28.0 Å². The summed E-state index contributed by atoms with van der Waals surface area (Å²) in [7, 11) is 0. The molecule has 0 unspecified atom stereocenters. The van der Waals surface area contributed by atoms with Crippen LogP contribution < -0.4 is 5.32 Å². The number of nitrogens with zero attached hydrogens (tertiary/aromatic N) is 2. The van der Waals surface area contributed by atoms with E-state index in [9.17, 15) is 19.7 Å². The predicted molar refractivity (Wildman–Crippen MR) is 71.6 cm³/mol. The lowest BCUT2D eigenvalue weighted by Crippen LogP contribution is -2.29. The summed E-state index contributed by atoms with van der Waals surface area (Å²) in [5.74, 6) is -1.53. The summed E-state index contributed by atoms with van der Waals surface area (Å²) in [4.78, 5) is 32.9. The maximum atomic E-state index is 11.7. The first-order chi connectivity index (χ1) is 9.95. The first kappa shape index (κ1) is 16.4. The third-order valence-corrected chi connectivity index (χ3v) is 2.60. The number of benzene rings is 1. The molecule has 0 aliphatic carbocycles. The molecule has 0 aromatic heterocycles. The van der Waals surface area contributed by atoms with Crippen LogP contribution in [0.3, 0.4) is 0 Å². The molecule has 0 heterocycles. The maximum absolute atomic E-state index is 11.7. The van der Waals surface area contributed by atoms with Crippen molar-refractivity contribution in [3.8, 4) is 6.07 Å². The Balaban J connectivity index is 2.64. The van der Waals surface area contributed by atoms with Crippen LogP contribution in [0, 0.1) is 21.4 Å². The molecule has 110 valence electrons. The molecule has 0 aliphatic rings. The van der Waals surface area contributed by atoms with Gasteiger partial charge in [0, 0.05) is 18.7 Å². The molecule has 0 atom stereocenters. The molecule has 1 aromatic rings. The molecule has 0 saturated heterocycles. The average molecular weight is 312 g/mol. The van der Waals surface area contributed by atoms with Crippen molar-refractivity contribution in [2.45, 2.75) is 6.42 Å². The zero-order chi connectivity index (χ0) is 15.8. The molecule has 0 aliphatic heterocycles. The van der Waals surface area contributed by atoms with E-state index in [0.717, 1.165) is 12.1 Å². The summed E-state index contributed by atoms with van der Waals surface area (Å²) in [5.41, 5.74) is -0.513. The largest absolute Gasteiger partial charge is 0.452 e. The van der Waals surface area contributed by atoms with Gasteiger partial charge < -0.3 is 10.1 Å². The number of rotatable bonds is 6. The smallest absolute Gasteiger partial charge is 0.340 e. The Bertz CT molecular complexity index is 611. The number of hydrogen-bond acceptors (Lipinski definition) is 6. The summed E-state index contributed by atoms with van der Waals surface area (Å²) < 4.78 is 4.70. The van der Waals surface area contributed by atoms with E-state index >= 15 is 0 Å². The zero-order valence-corrected chi connectivity index (χ0v) is 11.4.